The Hall–Kier alpha value is -0.870. The van der Waals surface area contributed by atoms with Gasteiger partial charge in [-0.1, -0.05) is 26.2 Å². The lowest BCUT2D eigenvalue weighted by Crippen LogP contribution is -2.21. The molecule has 1 fully saturated rings. The predicted octanol–water partition coefficient (Wildman–Crippen LogP) is 3.21. The van der Waals surface area contributed by atoms with Crippen LogP contribution in [0.5, 0.6) is 0 Å². The van der Waals surface area contributed by atoms with Gasteiger partial charge in [-0.25, -0.2) is 4.79 Å². The molecular weight excluding hydrogens is 244 g/mol. The molecule has 0 aliphatic carbocycles. The zero-order valence-electron chi connectivity index (χ0n) is 12.5. The minimum Gasteiger partial charge on any atom is -0.463 e. The van der Waals surface area contributed by atoms with Crippen LogP contribution >= 0.6 is 0 Å². The topological polar surface area (TPSA) is 44.8 Å². The first kappa shape index (κ1) is 16.2. The smallest absolute Gasteiger partial charge is 0.330 e. The van der Waals surface area contributed by atoms with Crippen LogP contribution in [0.2, 0.25) is 0 Å². The number of ether oxygens (including phenoxy) is 3. The highest BCUT2D eigenvalue weighted by atomic mass is 16.7. The van der Waals surface area contributed by atoms with Crippen molar-refractivity contribution in [3.8, 4) is 0 Å². The molecule has 1 heterocycles. The second-order valence-corrected chi connectivity index (χ2v) is 5.25. The third-order valence-corrected chi connectivity index (χ3v) is 3.02. The molecule has 0 bridgehead atoms. The van der Waals surface area contributed by atoms with E-state index >= 15 is 0 Å². The van der Waals surface area contributed by atoms with Crippen molar-refractivity contribution in [1.29, 1.82) is 0 Å². The molecule has 1 rings (SSSR count). The molecule has 110 valence electrons. The Balaban J connectivity index is 2.54. The van der Waals surface area contributed by atoms with E-state index in [1.54, 1.807) is 13.0 Å². The third-order valence-electron chi connectivity index (χ3n) is 3.02. The number of rotatable bonds is 7. The lowest BCUT2D eigenvalue weighted by Gasteiger charge is -2.16. The normalized spacial score (nSPS) is 25.9. The molecular formula is C15H26O4. The van der Waals surface area contributed by atoms with Crippen LogP contribution in [0.4, 0.5) is 0 Å². The number of esters is 1. The Morgan fingerprint density at radius 1 is 1.26 bits per heavy atom. The fraction of sp³-hybridized carbons (Fsp3) is 0.800. The van der Waals surface area contributed by atoms with Gasteiger partial charge in [0.2, 0.25) is 0 Å². The average molecular weight is 270 g/mol. The molecule has 4 heteroatoms. The largest absolute Gasteiger partial charge is 0.463 e. The van der Waals surface area contributed by atoms with Gasteiger partial charge in [-0.2, -0.15) is 0 Å². The fourth-order valence-corrected chi connectivity index (χ4v) is 2.21. The standard InChI is InChI=1S/C15H26O4/c1-5-7-8-9-12-13(19-15(3,4)18-12)10-11-14(16)17-6-2/h10-13H,5-9H2,1-4H3/b11-10+/t12-,13+/m1/s1. The first-order chi connectivity index (χ1) is 8.98. The van der Waals surface area contributed by atoms with E-state index in [0.717, 1.165) is 12.8 Å². The molecule has 19 heavy (non-hydrogen) atoms. The SMILES string of the molecule is CCCCC[C@H]1OC(C)(C)O[C@H]1/C=C/C(=O)OCC. The molecule has 0 N–H and O–H groups in total. The van der Waals surface area contributed by atoms with Crippen molar-refractivity contribution in [2.75, 3.05) is 6.61 Å². The van der Waals surface area contributed by atoms with Crippen molar-refractivity contribution < 1.29 is 19.0 Å². The Morgan fingerprint density at radius 3 is 2.63 bits per heavy atom. The second-order valence-electron chi connectivity index (χ2n) is 5.25. The van der Waals surface area contributed by atoms with E-state index in [1.165, 1.54) is 18.9 Å². The van der Waals surface area contributed by atoms with E-state index in [9.17, 15) is 4.79 Å². The number of carbonyl (C=O) groups is 1. The summed E-state index contributed by atoms with van der Waals surface area (Å²) in [5, 5.41) is 0. The van der Waals surface area contributed by atoms with Gasteiger partial charge in [0.15, 0.2) is 5.79 Å². The molecule has 0 aromatic carbocycles. The van der Waals surface area contributed by atoms with E-state index in [2.05, 4.69) is 6.92 Å². The van der Waals surface area contributed by atoms with Gasteiger partial charge in [0.05, 0.1) is 12.7 Å². The molecule has 2 atom stereocenters. The third kappa shape index (κ3) is 5.74. The summed E-state index contributed by atoms with van der Waals surface area (Å²) in [5.41, 5.74) is 0. The maximum Gasteiger partial charge on any atom is 0.330 e. The predicted molar refractivity (Wildman–Crippen MR) is 73.7 cm³/mol. The molecule has 0 aromatic heterocycles. The highest BCUT2D eigenvalue weighted by Gasteiger charge is 2.39. The summed E-state index contributed by atoms with van der Waals surface area (Å²) in [5.74, 6) is -0.913. The molecule has 0 saturated carbocycles. The summed E-state index contributed by atoms with van der Waals surface area (Å²) in [7, 11) is 0. The summed E-state index contributed by atoms with van der Waals surface area (Å²) >= 11 is 0. The number of hydrogen-bond donors (Lipinski definition) is 0. The number of unbranched alkanes of at least 4 members (excludes halogenated alkanes) is 2. The quantitative estimate of drug-likeness (QED) is 0.405. The number of hydrogen-bond acceptors (Lipinski definition) is 4. The summed E-state index contributed by atoms with van der Waals surface area (Å²) in [4.78, 5) is 11.3. The molecule has 0 unspecified atom stereocenters. The Morgan fingerprint density at radius 2 is 2.00 bits per heavy atom. The first-order valence-electron chi connectivity index (χ1n) is 7.19. The van der Waals surface area contributed by atoms with Crippen LogP contribution in [-0.4, -0.2) is 30.6 Å². The molecule has 0 aromatic rings. The van der Waals surface area contributed by atoms with Gasteiger partial charge < -0.3 is 14.2 Å². The Labute approximate surface area is 116 Å². The maximum absolute atomic E-state index is 11.3. The van der Waals surface area contributed by atoms with Crippen molar-refractivity contribution in [2.24, 2.45) is 0 Å². The molecule has 1 aliphatic rings. The van der Waals surface area contributed by atoms with E-state index in [-0.39, 0.29) is 18.2 Å². The van der Waals surface area contributed by atoms with Gasteiger partial charge in [0, 0.05) is 6.08 Å². The molecule has 4 nitrogen and oxygen atoms in total. The van der Waals surface area contributed by atoms with Crippen molar-refractivity contribution >= 4 is 5.97 Å². The summed E-state index contributed by atoms with van der Waals surface area (Å²) in [6.45, 7) is 8.15. The van der Waals surface area contributed by atoms with Gasteiger partial charge in [-0.05, 0) is 33.3 Å². The zero-order chi connectivity index (χ0) is 14.3. The molecule has 1 aliphatic heterocycles. The van der Waals surface area contributed by atoms with Crippen molar-refractivity contribution in [1.82, 2.24) is 0 Å². The highest BCUT2D eigenvalue weighted by Crippen LogP contribution is 2.31. The molecule has 0 spiro atoms. The van der Waals surface area contributed by atoms with Gasteiger partial charge in [-0.15, -0.1) is 0 Å². The summed E-state index contributed by atoms with van der Waals surface area (Å²) in [6.07, 6.45) is 7.48. The van der Waals surface area contributed by atoms with Gasteiger partial charge >= 0.3 is 5.97 Å². The van der Waals surface area contributed by atoms with E-state index in [1.807, 2.05) is 13.8 Å². The van der Waals surface area contributed by atoms with Crippen LogP contribution in [-0.2, 0) is 19.0 Å². The lowest BCUT2D eigenvalue weighted by atomic mass is 10.1. The van der Waals surface area contributed by atoms with Crippen LogP contribution in [0, 0.1) is 0 Å². The monoisotopic (exact) mass is 270 g/mol. The maximum atomic E-state index is 11.3. The van der Waals surface area contributed by atoms with Crippen LogP contribution in [0.1, 0.15) is 53.4 Å². The lowest BCUT2D eigenvalue weighted by molar-refractivity contribution is -0.144. The second kappa shape index (κ2) is 7.65. The van der Waals surface area contributed by atoms with E-state index in [4.69, 9.17) is 14.2 Å². The first-order valence-corrected chi connectivity index (χ1v) is 7.19. The van der Waals surface area contributed by atoms with Gasteiger partial charge in [0.1, 0.15) is 6.10 Å². The van der Waals surface area contributed by atoms with Crippen molar-refractivity contribution in [3.63, 3.8) is 0 Å². The average Bonchev–Trinajstić information content (AvgIpc) is 2.62. The Kier molecular flexibility index (Phi) is 6.52. The van der Waals surface area contributed by atoms with Gasteiger partial charge in [-0.3, -0.25) is 0 Å². The van der Waals surface area contributed by atoms with Crippen LogP contribution in [0.15, 0.2) is 12.2 Å². The highest BCUT2D eigenvalue weighted by molar-refractivity contribution is 5.81. The number of carbonyl (C=O) groups excluding carboxylic acids is 1. The molecule has 0 radical (unpaired) electrons. The molecule has 1 saturated heterocycles. The summed E-state index contributed by atoms with van der Waals surface area (Å²) in [6, 6.07) is 0. The van der Waals surface area contributed by atoms with Crippen molar-refractivity contribution in [3.05, 3.63) is 12.2 Å². The van der Waals surface area contributed by atoms with Gasteiger partial charge in [0.25, 0.3) is 0 Å². The minimum absolute atomic E-state index is 0.0206. The van der Waals surface area contributed by atoms with Crippen LogP contribution in [0.3, 0.4) is 0 Å². The summed E-state index contributed by atoms with van der Waals surface area (Å²) < 4.78 is 16.5. The van der Waals surface area contributed by atoms with Crippen LogP contribution in [0.25, 0.3) is 0 Å². The minimum atomic E-state index is -0.583. The molecule has 0 amide bonds. The van der Waals surface area contributed by atoms with Crippen LogP contribution < -0.4 is 0 Å². The fourth-order valence-electron chi connectivity index (χ4n) is 2.21. The van der Waals surface area contributed by atoms with Crippen molar-refractivity contribution in [2.45, 2.75) is 71.4 Å². The van der Waals surface area contributed by atoms with E-state index in [0.29, 0.717) is 6.61 Å². The zero-order valence-corrected chi connectivity index (χ0v) is 12.5. The van der Waals surface area contributed by atoms with E-state index < -0.39 is 5.79 Å². The Bertz CT molecular complexity index is 309.